The molecular formula is C31H33N5O4. The van der Waals surface area contributed by atoms with E-state index >= 15 is 0 Å². The van der Waals surface area contributed by atoms with Crippen LogP contribution in [0, 0.1) is 6.92 Å². The van der Waals surface area contributed by atoms with Gasteiger partial charge in [-0.1, -0.05) is 66.9 Å². The second-order valence-electron chi connectivity index (χ2n) is 10.5. The number of nitrogens with one attached hydrogen (secondary N) is 1. The minimum absolute atomic E-state index is 0.0514. The fraction of sp³-hybridized carbons (Fsp3) is 0.355. The Morgan fingerprint density at radius 1 is 1.00 bits per heavy atom. The van der Waals surface area contributed by atoms with E-state index < -0.39 is 6.04 Å². The zero-order valence-electron chi connectivity index (χ0n) is 22.6. The monoisotopic (exact) mass is 539 g/mol. The molecular weight excluding hydrogens is 506 g/mol. The van der Waals surface area contributed by atoms with Crippen molar-refractivity contribution in [3.05, 3.63) is 83.4 Å². The lowest BCUT2D eigenvalue weighted by molar-refractivity contribution is -0.142. The van der Waals surface area contributed by atoms with Crippen LogP contribution in [0.5, 0.6) is 11.5 Å². The molecule has 6 rings (SSSR count). The number of amides is 2. The van der Waals surface area contributed by atoms with Gasteiger partial charge in [0.25, 0.3) is 0 Å². The first-order valence-corrected chi connectivity index (χ1v) is 13.9. The van der Waals surface area contributed by atoms with Crippen LogP contribution in [0.25, 0.3) is 11.0 Å². The number of para-hydroxylation sites is 1. The number of carbonyl (C=O) groups excluding carboxylic acids is 2. The van der Waals surface area contributed by atoms with Crippen LogP contribution in [-0.2, 0) is 22.7 Å². The van der Waals surface area contributed by atoms with Gasteiger partial charge in [-0.3, -0.25) is 9.59 Å². The van der Waals surface area contributed by atoms with Crippen LogP contribution < -0.4 is 14.8 Å². The molecule has 1 aliphatic carbocycles. The number of hydrogen-bond acceptors (Lipinski definition) is 6. The van der Waals surface area contributed by atoms with Crippen LogP contribution in [0.3, 0.4) is 0 Å². The number of aromatic nitrogens is 3. The van der Waals surface area contributed by atoms with Crippen molar-refractivity contribution in [2.75, 3.05) is 6.79 Å². The highest BCUT2D eigenvalue weighted by atomic mass is 16.7. The molecule has 1 aromatic heterocycles. The highest BCUT2D eigenvalue weighted by Gasteiger charge is 2.34. The molecule has 0 spiro atoms. The van der Waals surface area contributed by atoms with Gasteiger partial charge in [-0.15, -0.1) is 5.10 Å². The van der Waals surface area contributed by atoms with Gasteiger partial charge in [-0.2, -0.15) is 0 Å². The summed E-state index contributed by atoms with van der Waals surface area (Å²) < 4.78 is 12.7. The van der Waals surface area contributed by atoms with Gasteiger partial charge in [-0.25, -0.2) is 4.68 Å². The first-order chi connectivity index (χ1) is 19.6. The van der Waals surface area contributed by atoms with Crippen LogP contribution in [0.15, 0.2) is 66.7 Å². The van der Waals surface area contributed by atoms with Crippen molar-refractivity contribution in [2.45, 2.75) is 64.2 Å². The summed E-state index contributed by atoms with van der Waals surface area (Å²) in [5, 5.41) is 11.7. The lowest BCUT2D eigenvalue weighted by Crippen LogP contribution is -2.47. The van der Waals surface area contributed by atoms with Crippen LogP contribution in [0.2, 0.25) is 0 Å². The normalized spacial score (nSPS) is 15.6. The SMILES string of the molecule is Cc1ccccc1[C@H](C(=O)NC1CCCCC1)N(Cc1ccc2c(c1)OCO2)C(=O)Cn1nnc2ccccc21. The Labute approximate surface area is 233 Å². The predicted molar refractivity (Wildman–Crippen MR) is 150 cm³/mol. The molecule has 1 aliphatic heterocycles. The molecule has 3 aromatic carbocycles. The Morgan fingerprint density at radius 2 is 1.77 bits per heavy atom. The topological polar surface area (TPSA) is 98.6 Å². The van der Waals surface area contributed by atoms with E-state index in [1.165, 1.54) is 6.42 Å². The van der Waals surface area contributed by atoms with E-state index in [0.717, 1.165) is 47.9 Å². The van der Waals surface area contributed by atoms with Gasteiger partial charge in [-0.05, 0) is 60.7 Å². The van der Waals surface area contributed by atoms with E-state index in [1.807, 2.05) is 73.7 Å². The largest absolute Gasteiger partial charge is 0.454 e. The maximum absolute atomic E-state index is 14.2. The number of ether oxygens (including phenoxy) is 2. The summed E-state index contributed by atoms with van der Waals surface area (Å²) in [6.45, 7) is 2.30. The van der Waals surface area contributed by atoms with Crippen molar-refractivity contribution < 1.29 is 19.1 Å². The van der Waals surface area contributed by atoms with Crippen molar-refractivity contribution in [1.29, 1.82) is 0 Å². The molecule has 9 nitrogen and oxygen atoms in total. The van der Waals surface area contributed by atoms with Gasteiger partial charge in [0.1, 0.15) is 18.1 Å². The lowest BCUT2D eigenvalue weighted by Gasteiger charge is -2.34. The first-order valence-electron chi connectivity index (χ1n) is 13.9. The second kappa shape index (κ2) is 11.4. The molecule has 1 saturated carbocycles. The molecule has 0 radical (unpaired) electrons. The molecule has 2 amide bonds. The van der Waals surface area contributed by atoms with Gasteiger partial charge >= 0.3 is 0 Å². The number of benzene rings is 3. The molecule has 40 heavy (non-hydrogen) atoms. The average molecular weight is 540 g/mol. The molecule has 206 valence electrons. The van der Waals surface area contributed by atoms with Crippen molar-refractivity contribution in [3.8, 4) is 11.5 Å². The van der Waals surface area contributed by atoms with E-state index in [1.54, 1.807) is 9.58 Å². The van der Waals surface area contributed by atoms with Crippen LogP contribution in [0.1, 0.15) is 54.8 Å². The highest BCUT2D eigenvalue weighted by Crippen LogP contribution is 2.34. The molecule has 1 fully saturated rings. The number of fused-ring (bicyclic) bond motifs is 2. The molecule has 2 aliphatic rings. The summed E-state index contributed by atoms with van der Waals surface area (Å²) in [6.07, 6.45) is 5.28. The summed E-state index contributed by atoms with van der Waals surface area (Å²) in [4.78, 5) is 30.0. The summed E-state index contributed by atoms with van der Waals surface area (Å²) >= 11 is 0. The molecule has 9 heteroatoms. The third-order valence-corrected chi connectivity index (χ3v) is 7.81. The zero-order chi connectivity index (χ0) is 27.5. The fourth-order valence-electron chi connectivity index (χ4n) is 5.68. The minimum Gasteiger partial charge on any atom is -0.454 e. The number of carbonyl (C=O) groups is 2. The zero-order valence-corrected chi connectivity index (χ0v) is 22.6. The maximum Gasteiger partial charge on any atom is 0.247 e. The molecule has 2 heterocycles. The Hall–Kier alpha value is -4.40. The molecule has 1 atom stereocenters. The summed E-state index contributed by atoms with van der Waals surface area (Å²) in [7, 11) is 0. The number of hydrogen-bond donors (Lipinski definition) is 1. The van der Waals surface area contributed by atoms with E-state index in [0.29, 0.717) is 17.0 Å². The predicted octanol–water partition coefficient (Wildman–Crippen LogP) is 4.69. The smallest absolute Gasteiger partial charge is 0.247 e. The second-order valence-corrected chi connectivity index (χ2v) is 10.5. The van der Waals surface area contributed by atoms with Gasteiger partial charge in [0.15, 0.2) is 11.5 Å². The third kappa shape index (κ3) is 5.36. The number of nitrogens with zero attached hydrogens (tertiary/aromatic N) is 4. The Bertz CT molecular complexity index is 1530. The molecule has 0 bridgehead atoms. The third-order valence-electron chi connectivity index (χ3n) is 7.81. The molecule has 0 saturated heterocycles. The van der Waals surface area contributed by atoms with Gasteiger partial charge in [0, 0.05) is 12.6 Å². The summed E-state index contributed by atoms with van der Waals surface area (Å²) in [5.74, 6) is 0.895. The molecule has 4 aromatic rings. The van der Waals surface area contributed by atoms with E-state index in [9.17, 15) is 9.59 Å². The van der Waals surface area contributed by atoms with Crippen LogP contribution in [0.4, 0.5) is 0 Å². The first kappa shape index (κ1) is 25.9. The van der Waals surface area contributed by atoms with Crippen molar-refractivity contribution >= 4 is 22.8 Å². The molecule has 0 unspecified atom stereocenters. The Balaban J connectivity index is 1.38. The van der Waals surface area contributed by atoms with Crippen molar-refractivity contribution in [2.24, 2.45) is 0 Å². The Morgan fingerprint density at radius 3 is 2.62 bits per heavy atom. The van der Waals surface area contributed by atoms with Crippen molar-refractivity contribution in [3.63, 3.8) is 0 Å². The quantitative estimate of drug-likeness (QED) is 0.349. The standard InChI is InChI=1S/C31H33N5O4/c1-21-9-5-6-12-24(21)30(31(38)32-23-10-3-2-4-11-23)35(18-22-15-16-27-28(17-22)40-20-39-27)29(37)19-36-26-14-8-7-13-25(26)33-34-36/h5-9,12-17,23,30H,2-4,10-11,18-20H2,1H3,(H,32,38)/t30-/m1/s1. The average Bonchev–Trinajstić information content (AvgIpc) is 3.61. The van der Waals surface area contributed by atoms with E-state index in [-0.39, 0.29) is 37.7 Å². The van der Waals surface area contributed by atoms with Crippen LogP contribution >= 0.6 is 0 Å². The van der Waals surface area contributed by atoms with Gasteiger partial charge in [0.2, 0.25) is 18.6 Å². The summed E-state index contributed by atoms with van der Waals surface area (Å²) in [5.41, 5.74) is 4.06. The highest BCUT2D eigenvalue weighted by molar-refractivity contribution is 5.89. The van der Waals surface area contributed by atoms with Crippen LogP contribution in [-0.4, -0.2) is 44.5 Å². The number of aryl methyl sites for hydroxylation is 1. The minimum atomic E-state index is -0.823. The van der Waals surface area contributed by atoms with E-state index in [4.69, 9.17) is 9.47 Å². The maximum atomic E-state index is 14.2. The number of rotatable bonds is 8. The lowest BCUT2D eigenvalue weighted by atomic mass is 9.93. The molecule has 1 N–H and O–H groups in total. The fourth-order valence-corrected chi connectivity index (χ4v) is 5.68. The van der Waals surface area contributed by atoms with Gasteiger partial charge in [0.05, 0.1) is 5.52 Å². The summed E-state index contributed by atoms with van der Waals surface area (Å²) in [6, 6.07) is 20.2. The van der Waals surface area contributed by atoms with E-state index in [2.05, 4.69) is 15.6 Å². The van der Waals surface area contributed by atoms with Gasteiger partial charge < -0.3 is 19.7 Å². The van der Waals surface area contributed by atoms with Crippen molar-refractivity contribution in [1.82, 2.24) is 25.2 Å². The Kier molecular flexibility index (Phi) is 7.35.